The molecule has 0 saturated heterocycles. The van der Waals surface area contributed by atoms with Crippen molar-refractivity contribution in [3.63, 3.8) is 0 Å². The van der Waals surface area contributed by atoms with Crippen molar-refractivity contribution in [1.82, 2.24) is 20.1 Å². The number of amides is 2. The van der Waals surface area contributed by atoms with Crippen LogP contribution in [0, 0.1) is 0 Å². The van der Waals surface area contributed by atoms with Gasteiger partial charge in [-0.05, 0) is 24.1 Å². The summed E-state index contributed by atoms with van der Waals surface area (Å²) in [5.41, 5.74) is 6.06. The molecule has 7 nitrogen and oxygen atoms in total. The van der Waals surface area contributed by atoms with Crippen LogP contribution in [0.3, 0.4) is 0 Å². The molecule has 0 aliphatic heterocycles. The van der Waals surface area contributed by atoms with Gasteiger partial charge in [-0.3, -0.25) is 9.59 Å². The molecule has 0 aliphatic rings. The Morgan fingerprint density at radius 3 is 2.73 bits per heavy atom. The Balaban J connectivity index is 1.75. The maximum atomic E-state index is 12.0. The van der Waals surface area contributed by atoms with Gasteiger partial charge in [0, 0.05) is 36.5 Å². The van der Waals surface area contributed by atoms with Gasteiger partial charge in [0.05, 0.1) is 5.75 Å². The molecule has 0 radical (unpaired) electrons. The second-order valence-corrected chi connectivity index (χ2v) is 7.33. The van der Waals surface area contributed by atoms with Gasteiger partial charge in [-0.1, -0.05) is 41.0 Å². The van der Waals surface area contributed by atoms with Gasteiger partial charge < -0.3 is 15.6 Å². The number of hydrogen-bond acceptors (Lipinski definition) is 5. The van der Waals surface area contributed by atoms with E-state index in [4.69, 9.17) is 28.9 Å². The normalized spacial score (nSPS) is 10.7. The number of thioether (sulfide) groups is 1. The third-order valence-electron chi connectivity index (χ3n) is 3.58. The zero-order valence-corrected chi connectivity index (χ0v) is 16.5. The number of nitrogens with zero attached hydrogens (tertiary/aromatic N) is 3. The minimum atomic E-state index is -0.387. The molecule has 2 aromatic rings. The summed E-state index contributed by atoms with van der Waals surface area (Å²) in [4.78, 5) is 22.8. The van der Waals surface area contributed by atoms with E-state index in [1.54, 1.807) is 23.7 Å². The number of nitrogens with one attached hydrogen (secondary N) is 1. The number of aromatic nitrogens is 3. The minimum absolute atomic E-state index is 0.109. The average Bonchev–Trinajstić information content (AvgIpc) is 2.93. The van der Waals surface area contributed by atoms with Crippen molar-refractivity contribution >= 4 is 46.8 Å². The lowest BCUT2D eigenvalue weighted by molar-refractivity contribution is -0.119. The molecule has 1 aromatic carbocycles. The fraction of sp³-hybridized carbons (Fsp3) is 0.375. The Morgan fingerprint density at radius 2 is 2.04 bits per heavy atom. The highest BCUT2D eigenvalue weighted by Crippen LogP contribution is 2.21. The maximum absolute atomic E-state index is 12.0. The summed E-state index contributed by atoms with van der Waals surface area (Å²) in [6.07, 6.45) is 1.26. The summed E-state index contributed by atoms with van der Waals surface area (Å²) < 4.78 is 1.76. The number of aryl methyl sites for hydroxylation is 1. The number of rotatable bonds is 9. The lowest BCUT2D eigenvalue weighted by Gasteiger charge is -2.07. The summed E-state index contributed by atoms with van der Waals surface area (Å²) in [6.45, 7) is 0.476. The van der Waals surface area contributed by atoms with Crippen LogP contribution in [0.25, 0.3) is 0 Å². The quantitative estimate of drug-likeness (QED) is 0.609. The molecular formula is C16H19Cl2N5O2S. The van der Waals surface area contributed by atoms with Gasteiger partial charge in [0.1, 0.15) is 5.82 Å². The molecule has 0 spiro atoms. The number of carbonyl (C=O) groups excluding carboxylic acids is 2. The lowest BCUT2D eigenvalue weighted by atomic mass is 10.1. The van der Waals surface area contributed by atoms with E-state index in [-0.39, 0.29) is 24.0 Å². The van der Waals surface area contributed by atoms with Crippen molar-refractivity contribution < 1.29 is 9.59 Å². The van der Waals surface area contributed by atoms with Crippen LogP contribution in [0.4, 0.5) is 0 Å². The number of primary amides is 1. The SMILES string of the molecule is Cn1c(CCC(N)=O)nnc1SCC(=O)NCCc1ccc(Cl)cc1Cl. The van der Waals surface area contributed by atoms with Gasteiger partial charge in [-0.25, -0.2) is 0 Å². The first-order chi connectivity index (χ1) is 12.4. The van der Waals surface area contributed by atoms with E-state index in [0.717, 1.165) is 5.56 Å². The molecule has 0 aliphatic carbocycles. The number of carbonyl (C=O) groups is 2. The molecule has 0 atom stereocenters. The van der Waals surface area contributed by atoms with Gasteiger partial charge in [0.2, 0.25) is 11.8 Å². The van der Waals surface area contributed by atoms with Crippen LogP contribution in [0.15, 0.2) is 23.4 Å². The van der Waals surface area contributed by atoms with Gasteiger partial charge in [0.15, 0.2) is 5.16 Å². The molecule has 26 heavy (non-hydrogen) atoms. The number of halogens is 2. The van der Waals surface area contributed by atoms with Crippen molar-refractivity contribution in [1.29, 1.82) is 0 Å². The Labute approximate surface area is 165 Å². The molecule has 0 fully saturated rings. The van der Waals surface area contributed by atoms with Crippen molar-refractivity contribution in [2.24, 2.45) is 12.8 Å². The van der Waals surface area contributed by atoms with Gasteiger partial charge in [-0.15, -0.1) is 10.2 Å². The van der Waals surface area contributed by atoms with Crippen molar-refractivity contribution in [2.75, 3.05) is 12.3 Å². The molecule has 0 unspecified atom stereocenters. The highest BCUT2D eigenvalue weighted by Gasteiger charge is 2.12. The molecule has 1 heterocycles. The Bertz CT molecular complexity index is 797. The summed E-state index contributed by atoms with van der Waals surface area (Å²) in [5.74, 6) is 0.379. The number of nitrogens with two attached hydrogens (primary N) is 1. The maximum Gasteiger partial charge on any atom is 0.230 e. The monoisotopic (exact) mass is 415 g/mol. The second kappa shape index (κ2) is 9.80. The van der Waals surface area contributed by atoms with E-state index < -0.39 is 0 Å². The highest BCUT2D eigenvalue weighted by atomic mass is 35.5. The van der Waals surface area contributed by atoms with Crippen LogP contribution < -0.4 is 11.1 Å². The minimum Gasteiger partial charge on any atom is -0.370 e. The summed E-state index contributed by atoms with van der Waals surface area (Å²) >= 11 is 13.2. The first kappa shape index (κ1) is 20.5. The number of benzene rings is 1. The van der Waals surface area contributed by atoms with Crippen LogP contribution in [-0.2, 0) is 29.5 Å². The van der Waals surface area contributed by atoms with Crippen LogP contribution in [0.5, 0.6) is 0 Å². The fourth-order valence-corrected chi connectivity index (χ4v) is 3.43. The van der Waals surface area contributed by atoms with E-state index in [1.165, 1.54) is 11.8 Å². The third-order valence-corrected chi connectivity index (χ3v) is 5.19. The molecule has 3 N–H and O–H groups in total. The zero-order chi connectivity index (χ0) is 19.1. The summed E-state index contributed by atoms with van der Waals surface area (Å²) in [7, 11) is 1.79. The lowest BCUT2D eigenvalue weighted by Crippen LogP contribution is -2.27. The molecule has 2 amide bonds. The Morgan fingerprint density at radius 1 is 1.27 bits per heavy atom. The second-order valence-electron chi connectivity index (χ2n) is 5.55. The van der Waals surface area contributed by atoms with E-state index >= 15 is 0 Å². The van der Waals surface area contributed by atoms with E-state index in [1.807, 2.05) is 6.07 Å². The van der Waals surface area contributed by atoms with Gasteiger partial charge in [0.25, 0.3) is 0 Å². The largest absolute Gasteiger partial charge is 0.370 e. The average molecular weight is 416 g/mol. The van der Waals surface area contributed by atoms with Crippen molar-refractivity contribution in [3.8, 4) is 0 Å². The molecule has 10 heteroatoms. The first-order valence-electron chi connectivity index (χ1n) is 7.87. The molecule has 0 saturated carbocycles. The predicted octanol–water partition coefficient (Wildman–Crippen LogP) is 1.99. The van der Waals surface area contributed by atoms with Crippen molar-refractivity contribution in [2.45, 2.75) is 24.4 Å². The van der Waals surface area contributed by atoms with Crippen molar-refractivity contribution in [3.05, 3.63) is 39.6 Å². The topological polar surface area (TPSA) is 103 Å². The molecule has 2 rings (SSSR count). The van der Waals surface area contributed by atoms with E-state index in [9.17, 15) is 9.59 Å². The van der Waals surface area contributed by atoms with Crippen LogP contribution >= 0.6 is 35.0 Å². The van der Waals surface area contributed by atoms with Crippen LogP contribution in [-0.4, -0.2) is 38.9 Å². The standard InChI is InChI=1S/C16H19Cl2N5O2S/c1-23-14(5-4-13(19)24)21-22-16(23)26-9-15(25)20-7-6-10-2-3-11(17)8-12(10)18/h2-3,8H,4-7,9H2,1H3,(H2,19,24)(H,20,25). The smallest absolute Gasteiger partial charge is 0.230 e. The molecule has 0 bridgehead atoms. The fourth-order valence-electron chi connectivity index (χ4n) is 2.17. The predicted molar refractivity (Wildman–Crippen MR) is 102 cm³/mol. The summed E-state index contributed by atoms with van der Waals surface area (Å²) in [5, 5.41) is 12.7. The number of hydrogen-bond donors (Lipinski definition) is 2. The molecule has 140 valence electrons. The van der Waals surface area contributed by atoms with E-state index in [0.29, 0.717) is 40.4 Å². The Hall–Kier alpha value is -1.77. The Kier molecular flexibility index (Phi) is 7.74. The zero-order valence-electron chi connectivity index (χ0n) is 14.2. The van der Waals surface area contributed by atoms with E-state index in [2.05, 4.69) is 15.5 Å². The van der Waals surface area contributed by atoms with Crippen LogP contribution in [0.1, 0.15) is 17.8 Å². The van der Waals surface area contributed by atoms with Gasteiger partial charge >= 0.3 is 0 Å². The third kappa shape index (κ3) is 6.19. The highest BCUT2D eigenvalue weighted by molar-refractivity contribution is 7.99. The van der Waals surface area contributed by atoms with Crippen LogP contribution in [0.2, 0.25) is 10.0 Å². The molecular weight excluding hydrogens is 397 g/mol. The van der Waals surface area contributed by atoms with Gasteiger partial charge in [-0.2, -0.15) is 0 Å². The first-order valence-corrected chi connectivity index (χ1v) is 9.61. The molecule has 1 aromatic heterocycles. The summed E-state index contributed by atoms with van der Waals surface area (Å²) in [6, 6.07) is 5.29.